The first kappa shape index (κ1) is 33.9. The predicted octanol–water partition coefficient (Wildman–Crippen LogP) is 6.73. The average molecular weight is 691 g/mol. The van der Waals surface area contributed by atoms with Crippen molar-refractivity contribution in [3.8, 4) is 0 Å². The number of carbonyl (C=O) groups excluding carboxylic acids is 2. The van der Waals surface area contributed by atoms with E-state index < -0.39 is 28.5 Å². The number of sulfonamides is 1. The SMILES string of the molecule is Cc1ccc(S(=O)(=O)N(CC(=O)N(Cc2ccc(Br)cc2)[C@H](Cc2ccccc2)C(=O)NC(C)C)c2ccc(C)c(C)c2)cc1. The summed E-state index contributed by atoms with van der Waals surface area (Å²) in [5.74, 6) is -0.801. The molecule has 0 aromatic heterocycles. The van der Waals surface area contributed by atoms with Gasteiger partial charge in [-0.2, -0.15) is 0 Å². The molecule has 0 aliphatic rings. The number of hydrogen-bond acceptors (Lipinski definition) is 4. The Balaban J connectivity index is 1.82. The normalized spacial score (nSPS) is 12.1. The molecule has 0 bridgehead atoms. The van der Waals surface area contributed by atoms with Crippen molar-refractivity contribution in [2.75, 3.05) is 10.8 Å². The Kier molecular flexibility index (Phi) is 11.2. The van der Waals surface area contributed by atoms with Crippen LogP contribution in [0.2, 0.25) is 0 Å². The van der Waals surface area contributed by atoms with Crippen molar-refractivity contribution in [2.24, 2.45) is 0 Å². The van der Waals surface area contributed by atoms with Gasteiger partial charge in [0, 0.05) is 23.5 Å². The molecule has 0 saturated carbocycles. The van der Waals surface area contributed by atoms with E-state index in [4.69, 9.17) is 0 Å². The van der Waals surface area contributed by atoms with Crippen LogP contribution in [0.25, 0.3) is 0 Å². The number of nitrogens with zero attached hydrogens (tertiary/aromatic N) is 2. The lowest BCUT2D eigenvalue weighted by atomic mass is 10.0. The number of halogens is 1. The topological polar surface area (TPSA) is 86.8 Å². The maximum Gasteiger partial charge on any atom is 0.264 e. The van der Waals surface area contributed by atoms with Crippen LogP contribution in [0.1, 0.15) is 41.7 Å². The molecule has 1 atom stereocenters. The van der Waals surface area contributed by atoms with Gasteiger partial charge in [0.25, 0.3) is 10.0 Å². The molecule has 0 heterocycles. The van der Waals surface area contributed by atoms with Crippen LogP contribution in [0.3, 0.4) is 0 Å². The number of carbonyl (C=O) groups is 2. The molecule has 2 amide bonds. The largest absolute Gasteiger partial charge is 0.352 e. The zero-order valence-electron chi connectivity index (χ0n) is 26.3. The van der Waals surface area contributed by atoms with Crippen LogP contribution in [-0.4, -0.2) is 43.8 Å². The number of rotatable bonds is 12. The maximum absolute atomic E-state index is 14.5. The first-order valence-electron chi connectivity index (χ1n) is 14.9. The van der Waals surface area contributed by atoms with Crippen molar-refractivity contribution >= 4 is 43.5 Å². The second-order valence-corrected chi connectivity index (χ2v) is 14.4. The highest BCUT2D eigenvalue weighted by atomic mass is 79.9. The van der Waals surface area contributed by atoms with Gasteiger partial charge in [0.15, 0.2) is 0 Å². The molecule has 45 heavy (non-hydrogen) atoms. The van der Waals surface area contributed by atoms with E-state index in [1.54, 1.807) is 36.4 Å². The summed E-state index contributed by atoms with van der Waals surface area (Å²) in [5, 5.41) is 2.98. The quantitative estimate of drug-likeness (QED) is 0.179. The molecule has 4 aromatic carbocycles. The van der Waals surface area contributed by atoms with Crippen molar-refractivity contribution in [2.45, 2.75) is 64.6 Å². The van der Waals surface area contributed by atoms with Gasteiger partial charge in [-0.25, -0.2) is 8.42 Å². The van der Waals surface area contributed by atoms with Crippen LogP contribution in [-0.2, 0) is 32.6 Å². The third kappa shape index (κ3) is 8.83. The molecule has 4 rings (SSSR count). The third-order valence-corrected chi connectivity index (χ3v) is 9.95. The van der Waals surface area contributed by atoms with Gasteiger partial charge in [-0.15, -0.1) is 0 Å². The van der Waals surface area contributed by atoms with Crippen LogP contribution in [0, 0.1) is 20.8 Å². The minimum Gasteiger partial charge on any atom is -0.352 e. The summed E-state index contributed by atoms with van der Waals surface area (Å²) >= 11 is 3.46. The Hall–Kier alpha value is -3.95. The van der Waals surface area contributed by atoms with Gasteiger partial charge in [0.05, 0.1) is 10.6 Å². The fraction of sp³-hybridized carbons (Fsp3) is 0.278. The van der Waals surface area contributed by atoms with Crippen LogP contribution in [0.15, 0.2) is 106 Å². The predicted molar refractivity (Wildman–Crippen MR) is 184 cm³/mol. The number of benzene rings is 4. The average Bonchev–Trinajstić information content (AvgIpc) is 3.00. The molecular formula is C36H40BrN3O4S. The lowest BCUT2D eigenvalue weighted by Gasteiger charge is -2.34. The van der Waals surface area contributed by atoms with Gasteiger partial charge >= 0.3 is 0 Å². The molecule has 9 heteroatoms. The van der Waals surface area contributed by atoms with Crippen molar-refractivity contribution < 1.29 is 18.0 Å². The Morgan fingerprint density at radius 2 is 1.44 bits per heavy atom. The summed E-state index contributed by atoms with van der Waals surface area (Å²) in [6.45, 7) is 9.10. The zero-order chi connectivity index (χ0) is 32.7. The standard InChI is InChI=1S/C36H40BrN3O4S/c1-25(2)38-36(42)34(22-29-9-7-6-8-10-29)39(23-30-14-16-31(37)17-15-30)35(41)24-40(32-18-13-27(4)28(5)21-32)45(43,44)33-19-11-26(3)12-20-33/h6-21,25,34H,22-24H2,1-5H3,(H,38,42)/t34-/m1/s1. The molecule has 0 aliphatic heterocycles. The zero-order valence-corrected chi connectivity index (χ0v) is 28.7. The van der Waals surface area contributed by atoms with Gasteiger partial charge in [-0.3, -0.25) is 13.9 Å². The number of aryl methyl sites for hydroxylation is 3. The molecule has 0 unspecified atom stereocenters. The minimum absolute atomic E-state index is 0.0805. The molecule has 236 valence electrons. The summed E-state index contributed by atoms with van der Waals surface area (Å²) in [7, 11) is -4.15. The van der Waals surface area contributed by atoms with E-state index in [2.05, 4.69) is 21.2 Å². The van der Waals surface area contributed by atoms with Gasteiger partial charge in [-0.1, -0.05) is 82.2 Å². The monoisotopic (exact) mass is 689 g/mol. The van der Waals surface area contributed by atoms with E-state index in [0.29, 0.717) is 5.69 Å². The molecule has 0 radical (unpaired) electrons. The molecule has 0 fully saturated rings. The molecular weight excluding hydrogens is 650 g/mol. The van der Waals surface area contributed by atoms with Crippen LogP contribution in [0.5, 0.6) is 0 Å². The Morgan fingerprint density at radius 1 is 0.800 bits per heavy atom. The molecule has 7 nitrogen and oxygen atoms in total. The molecule has 0 aliphatic carbocycles. The second-order valence-electron chi connectivity index (χ2n) is 11.6. The fourth-order valence-electron chi connectivity index (χ4n) is 4.97. The molecule has 4 aromatic rings. The van der Waals surface area contributed by atoms with Crippen LogP contribution < -0.4 is 9.62 Å². The molecule has 0 saturated heterocycles. The van der Waals surface area contributed by atoms with E-state index in [1.807, 2.05) is 95.3 Å². The number of amides is 2. The van der Waals surface area contributed by atoms with Gasteiger partial charge in [-0.05, 0) is 93.3 Å². The second kappa shape index (κ2) is 14.9. The van der Waals surface area contributed by atoms with Crippen molar-refractivity contribution in [3.63, 3.8) is 0 Å². The van der Waals surface area contributed by atoms with Gasteiger partial charge in [0.1, 0.15) is 12.6 Å². The highest BCUT2D eigenvalue weighted by Gasteiger charge is 2.35. The minimum atomic E-state index is -4.15. The van der Waals surface area contributed by atoms with Crippen molar-refractivity contribution in [1.29, 1.82) is 0 Å². The fourth-order valence-corrected chi connectivity index (χ4v) is 6.64. The van der Waals surface area contributed by atoms with Crippen molar-refractivity contribution in [3.05, 3.63) is 129 Å². The number of hydrogen-bond donors (Lipinski definition) is 1. The lowest BCUT2D eigenvalue weighted by molar-refractivity contribution is -0.140. The van der Waals surface area contributed by atoms with Crippen LogP contribution in [0.4, 0.5) is 5.69 Å². The third-order valence-electron chi connectivity index (χ3n) is 7.63. The highest BCUT2D eigenvalue weighted by molar-refractivity contribution is 9.10. The Bertz CT molecular complexity index is 1720. The van der Waals surface area contributed by atoms with Crippen LogP contribution >= 0.6 is 15.9 Å². The van der Waals surface area contributed by atoms with E-state index in [1.165, 1.54) is 4.90 Å². The summed E-state index contributed by atoms with van der Waals surface area (Å²) in [5.41, 5.74) is 4.89. The number of nitrogens with one attached hydrogen (secondary N) is 1. The first-order valence-corrected chi connectivity index (χ1v) is 17.1. The summed E-state index contributed by atoms with van der Waals surface area (Å²) in [6, 6.07) is 27.9. The lowest BCUT2D eigenvalue weighted by Crippen LogP contribution is -2.54. The van der Waals surface area contributed by atoms with E-state index >= 15 is 0 Å². The smallest absolute Gasteiger partial charge is 0.264 e. The van der Waals surface area contributed by atoms with E-state index in [0.717, 1.165) is 36.6 Å². The van der Waals surface area contributed by atoms with E-state index in [9.17, 15) is 18.0 Å². The first-order chi connectivity index (χ1) is 21.3. The Morgan fingerprint density at radius 3 is 2.04 bits per heavy atom. The van der Waals surface area contributed by atoms with E-state index in [-0.39, 0.29) is 29.8 Å². The molecule has 1 N–H and O–H groups in total. The van der Waals surface area contributed by atoms with Crippen molar-refractivity contribution in [1.82, 2.24) is 10.2 Å². The Labute approximate surface area is 275 Å². The van der Waals surface area contributed by atoms with Gasteiger partial charge < -0.3 is 10.2 Å². The maximum atomic E-state index is 14.5. The summed E-state index contributed by atoms with van der Waals surface area (Å²) in [4.78, 5) is 29.9. The number of anilines is 1. The summed E-state index contributed by atoms with van der Waals surface area (Å²) < 4.78 is 30.4. The summed E-state index contributed by atoms with van der Waals surface area (Å²) in [6.07, 6.45) is 0.260. The van der Waals surface area contributed by atoms with Gasteiger partial charge in [0.2, 0.25) is 11.8 Å². The highest BCUT2D eigenvalue weighted by Crippen LogP contribution is 2.27. The molecule has 0 spiro atoms.